The molecule has 0 aliphatic carbocycles. The third kappa shape index (κ3) is 4.50. The molecule has 0 radical (unpaired) electrons. The van der Waals surface area contributed by atoms with Crippen LogP contribution < -0.4 is 0 Å². The third-order valence-corrected chi connectivity index (χ3v) is 4.77. The number of carbonyl (C=O) groups excluding carboxylic acids is 2. The van der Waals surface area contributed by atoms with Gasteiger partial charge in [0.25, 0.3) is 0 Å². The van der Waals surface area contributed by atoms with E-state index in [0.29, 0.717) is 10.5 Å². The maximum absolute atomic E-state index is 12.2. The van der Waals surface area contributed by atoms with Crippen molar-refractivity contribution in [1.29, 1.82) is 0 Å². The van der Waals surface area contributed by atoms with Gasteiger partial charge in [-0.15, -0.1) is 0 Å². The Hall–Kier alpha value is -2.02. The SMILES string of the molecule is CN(C)S(=O)c1ccc(Cl)c(C(=O)OCC(=O)c2ccccc2)c1. The highest BCUT2D eigenvalue weighted by Gasteiger charge is 2.17. The Bertz CT molecular complexity index is 777. The first-order valence-corrected chi connectivity index (χ1v) is 8.52. The topological polar surface area (TPSA) is 63.7 Å². The van der Waals surface area contributed by atoms with Crippen LogP contribution in [0.25, 0.3) is 0 Å². The van der Waals surface area contributed by atoms with Crippen LogP contribution in [-0.4, -0.2) is 41.0 Å². The van der Waals surface area contributed by atoms with Crippen molar-refractivity contribution in [2.45, 2.75) is 4.90 Å². The van der Waals surface area contributed by atoms with Crippen LogP contribution in [0.3, 0.4) is 0 Å². The Kier molecular flexibility index (Phi) is 6.25. The highest BCUT2D eigenvalue weighted by Crippen LogP contribution is 2.21. The van der Waals surface area contributed by atoms with Crippen LogP contribution in [0, 0.1) is 0 Å². The largest absolute Gasteiger partial charge is 0.454 e. The first-order chi connectivity index (χ1) is 11.4. The summed E-state index contributed by atoms with van der Waals surface area (Å²) in [5, 5.41) is 0.173. The van der Waals surface area contributed by atoms with Crippen molar-refractivity contribution in [3.63, 3.8) is 0 Å². The predicted molar refractivity (Wildman–Crippen MR) is 92.6 cm³/mol. The summed E-state index contributed by atoms with van der Waals surface area (Å²) in [7, 11) is 1.90. The molecule has 1 atom stereocenters. The first kappa shape index (κ1) is 18.3. The van der Waals surface area contributed by atoms with Crippen molar-refractivity contribution in [2.24, 2.45) is 0 Å². The van der Waals surface area contributed by atoms with E-state index in [4.69, 9.17) is 16.3 Å². The number of esters is 1. The fraction of sp³-hybridized carbons (Fsp3) is 0.176. The molecule has 0 fully saturated rings. The molecule has 0 amide bonds. The number of halogens is 1. The van der Waals surface area contributed by atoms with E-state index in [2.05, 4.69) is 0 Å². The molecule has 2 aromatic rings. The lowest BCUT2D eigenvalue weighted by Gasteiger charge is -2.11. The van der Waals surface area contributed by atoms with E-state index in [-0.39, 0.29) is 23.0 Å². The van der Waals surface area contributed by atoms with Crippen LogP contribution in [0.4, 0.5) is 0 Å². The van der Waals surface area contributed by atoms with Crippen LogP contribution in [0.2, 0.25) is 5.02 Å². The van der Waals surface area contributed by atoms with Crippen LogP contribution in [0.5, 0.6) is 0 Å². The van der Waals surface area contributed by atoms with Gasteiger partial charge in [0.05, 0.1) is 15.5 Å². The molecule has 0 aliphatic rings. The van der Waals surface area contributed by atoms with Crippen molar-refractivity contribution in [1.82, 2.24) is 4.31 Å². The maximum atomic E-state index is 12.2. The van der Waals surface area contributed by atoms with Crippen LogP contribution >= 0.6 is 11.6 Å². The summed E-state index contributed by atoms with van der Waals surface area (Å²) >= 11 is 6.01. The summed E-state index contributed by atoms with van der Waals surface area (Å²) in [4.78, 5) is 24.6. The normalized spacial score (nSPS) is 12.0. The molecule has 0 aliphatic heterocycles. The van der Waals surface area contributed by atoms with E-state index >= 15 is 0 Å². The van der Waals surface area contributed by atoms with E-state index < -0.39 is 17.0 Å². The van der Waals surface area contributed by atoms with Gasteiger partial charge in [0.15, 0.2) is 12.4 Å². The van der Waals surface area contributed by atoms with Crippen molar-refractivity contribution in [3.8, 4) is 0 Å². The number of ether oxygens (including phenoxy) is 1. The number of benzene rings is 2. The van der Waals surface area contributed by atoms with Crippen LogP contribution in [0.15, 0.2) is 53.4 Å². The smallest absolute Gasteiger partial charge is 0.340 e. The number of carbonyl (C=O) groups is 2. The fourth-order valence-corrected chi connectivity index (χ4v) is 2.92. The van der Waals surface area contributed by atoms with Gasteiger partial charge in [-0.25, -0.2) is 13.3 Å². The Morgan fingerprint density at radius 2 is 1.79 bits per heavy atom. The van der Waals surface area contributed by atoms with Crippen LogP contribution in [0.1, 0.15) is 20.7 Å². The number of hydrogen-bond donors (Lipinski definition) is 0. The third-order valence-electron chi connectivity index (χ3n) is 3.12. The number of Topliss-reactive ketones (excluding diaryl/α,β-unsaturated/α-hetero) is 1. The molecular formula is C17H16ClNO4S. The molecule has 5 nitrogen and oxygen atoms in total. The van der Waals surface area contributed by atoms with Gasteiger partial charge in [0.1, 0.15) is 11.0 Å². The van der Waals surface area contributed by atoms with Crippen molar-refractivity contribution in [2.75, 3.05) is 20.7 Å². The average molecular weight is 366 g/mol. The van der Waals surface area contributed by atoms with Gasteiger partial charge in [0.2, 0.25) is 0 Å². The second kappa shape index (κ2) is 8.19. The van der Waals surface area contributed by atoms with Crippen molar-refractivity contribution < 1.29 is 18.5 Å². The number of rotatable bonds is 6. The molecule has 0 heterocycles. The van der Waals surface area contributed by atoms with E-state index in [1.165, 1.54) is 16.4 Å². The molecule has 0 aromatic heterocycles. The zero-order valence-electron chi connectivity index (χ0n) is 13.2. The molecule has 0 saturated heterocycles. The molecule has 24 heavy (non-hydrogen) atoms. The van der Waals surface area contributed by atoms with E-state index in [1.54, 1.807) is 50.5 Å². The molecule has 1 unspecified atom stereocenters. The fourth-order valence-electron chi connectivity index (χ4n) is 1.90. The molecule has 7 heteroatoms. The second-order valence-electron chi connectivity index (χ2n) is 5.07. The highest BCUT2D eigenvalue weighted by atomic mass is 35.5. The highest BCUT2D eigenvalue weighted by molar-refractivity contribution is 7.82. The summed E-state index contributed by atoms with van der Waals surface area (Å²) in [5.74, 6) is -1.05. The minimum atomic E-state index is -1.41. The predicted octanol–water partition coefficient (Wildman–Crippen LogP) is 2.96. The van der Waals surface area contributed by atoms with Gasteiger partial charge in [0, 0.05) is 5.56 Å². The first-order valence-electron chi connectivity index (χ1n) is 7.04. The lowest BCUT2D eigenvalue weighted by atomic mass is 10.1. The quantitative estimate of drug-likeness (QED) is 0.583. The molecule has 2 rings (SSSR count). The zero-order valence-corrected chi connectivity index (χ0v) is 14.8. The number of hydrogen-bond acceptors (Lipinski definition) is 4. The lowest BCUT2D eigenvalue weighted by Crippen LogP contribution is -2.17. The molecule has 0 spiro atoms. The van der Waals surface area contributed by atoms with Crippen molar-refractivity contribution >= 4 is 34.3 Å². The van der Waals surface area contributed by atoms with Crippen molar-refractivity contribution in [3.05, 3.63) is 64.7 Å². The Morgan fingerprint density at radius 1 is 1.12 bits per heavy atom. The van der Waals surface area contributed by atoms with Crippen LogP contribution in [-0.2, 0) is 15.7 Å². The lowest BCUT2D eigenvalue weighted by molar-refractivity contribution is 0.0474. The standard InChI is InChI=1S/C17H16ClNO4S/c1-19(2)24(22)13-8-9-15(18)14(10-13)17(21)23-11-16(20)12-6-4-3-5-7-12/h3-10H,11H2,1-2H3. The molecule has 0 N–H and O–H groups in total. The molecule has 0 bridgehead atoms. The van der Waals surface area contributed by atoms with E-state index in [9.17, 15) is 13.8 Å². The molecular weight excluding hydrogens is 350 g/mol. The number of ketones is 1. The van der Waals surface area contributed by atoms with Gasteiger partial charge in [-0.05, 0) is 32.3 Å². The molecule has 126 valence electrons. The van der Waals surface area contributed by atoms with E-state index in [0.717, 1.165) is 0 Å². The van der Waals surface area contributed by atoms with E-state index in [1.807, 2.05) is 0 Å². The minimum absolute atomic E-state index is 0.0743. The maximum Gasteiger partial charge on any atom is 0.340 e. The summed E-state index contributed by atoms with van der Waals surface area (Å²) in [6.07, 6.45) is 0. The summed E-state index contributed by atoms with van der Waals surface area (Å²) < 4.78 is 18.6. The minimum Gasteiger partial charge on any atom is -0.454 e. The Morgan fingerprint density at radius 3 is 2.42 bits per heavy atom. The number of nitrogens with zero attached hydrogens (tertiary/aromatic N) is 1. The summed E-state index contributed by atoms with van der Waals surface area (Å²) in [6.45, 7) is -0.389. The van der Waals surface area contributed by atoms with Gasteiger partial charge in [-0.3, -0.25) is 4.79 Å². The second-order valence-corrected chi connectivity index (χ2v) is 7.18. The Balaban J connectivity index is 2.11. The molecule has 2 aromatic carbocycles. The summed E-state index contributed by atoms with van der Waals surface area (Å²) in [6, 6.07) is 13.0. The molecule has 0 saturated carbocycles. The van der Waals surface area contributed by atoms with Gasteiger partial charge < -0.3 is 4.74 Å². The summed E-state index contributed by atoms with van der Waals surface area (Å²) in [5.41, 5.74) is 0.532. The van der Waals surface area contributed by atoms with Gasteiger partial charge >= 0.3 is 5.97 Å². The van der Waals surface area contributed by atoms with Gasteiger partial charge in [-0.1, -0.05) is 41.9 Å². The zero-order chi connectivity index (χ0) is 17.7. The monoisotopic (exact) mass is 365 g/mol. The Labute approximate surface area is 147 Å². The van der Waals surface area contributed by atoms with Gasteiger partial charge in [-0.2, -0.15) is 0 Å². The average Bonchev–Trinajstić information content (AvgIpc) is 2.59.